The van der Waals surface area contributed by atoms with Gasteiger partial charge in [0.05, 0.1) is 18.0 Å². The normalized spacial score (nSPS) is 13.6. The maximum Gasteiger partial charge on any atom is 0.348 e. The van der Waals surface area contributed by atoms with E-state index in [1.54, 1.807) is 24.8 Å². The fraction of sp³-hybridized carbons (Fsp3) is 0.500. The Morgan fingerprint density at radius 1 is 1.31 bits per heavy atom. The molecule has 2 rings (SSSR count). The lowest BCUT2D eigenvalue weighted by Gasteiger charge is -2.13. The largest absolute Gasteiger partial charge is 0.462 e. The topological polar surface area (TPSA) is 102 Å². The summed E-state index contributed by atoms with van der Waals surface area (Å²) in [7, 11) is 0. The highest BCUT2D eigenvalue weighted by Crippen LogP contribution is 2.27. The Balaban J connectivity index is 1.74. The summed E-state index contributed by atoms with van der Waals surface area (Å²) in [5.74, 6) is -0.747. The zero-order valence-corrected chi connectivity index (χ0v) is 16.2. The third-order valence-corrected chi connectivity index (χ3v) is 5.46. The smallest absolute Gasteiger partial charge is 0.348 e. The fourth-order valence-electron chi connectivity index (χ4n) is 2.19. The van der Waals surface area contributed by atoms with E-state index in [0.29, 0.717) is 28.5 Å². The van der Waals surface area contributed by atoms with Crippen LogP contribution in [-0.2, 0) is 19.1 Å². The number of nitrogens with one attached hydrogen (secondary N) is 1. The summed E-state index contributed by atoms with van der Waals surface area (Å²) in [6, 6.07) is 1.66. The number of aryl methyl sites for hydroxylation is 1. The van der Waals surface area contributed by atoms with Crippen molar-refractivity contribution in [1.82, 2.24) is 4.90 Å². The number of thiophene rings is 1. The number of ether oxygens (including phenoxy) is 2. The summed E-state index contributed by atoms with van der Waals surface area (Å²) >= 11 is 2.33. The molecule has 1 N–H and O–H groups in total. The van der Waals surface area contributed by atoms with Gasteiger partial charge < -0.3 is 19.7 Å². The van der Waals surface area contributed by atoms with Gasteiger partial charge in [-0.3, -0.25) is 14.4 Å². The van der Waals surface area contributed by atoms with Gasteiger partial charge in [0.15, 0.2) is 6.61 Å². The van der Waals surface area contributed by atoms with Crippen molar-refractivity contribution in [2.45, 2.75) is 20.3 Å². The van der Waals surface area contributed by atoms with Gasteiger partial charge in [-0.25, -0.2) is 4.79 Å². The number of carbonyl (C=O) groups excluding carboxylic acids is 4. The highest BCUT2D eigenvalue weighted by atomic mass is 32.2. The molecule has 1 aliphatic heterocycles. The zero-order valence-electron chi connectivity index (χ0n) is 14.5. The number of hydrogen-bond acceptors (Lipinski definition) is 8. The first-order valence-corrected chi connectivity index (χ1v) is 9.85. The van der Waals surface area contributed by atoms with Crippen LogP contribution in [0.2, 0.25) is 0 Å². The molecule has 0 aliphatic carbocycles. The van der Waals surface area contributed by atoms with Crippen molar-refractivity contribution in [2.24, 2.45) is 0 Å². The van der Waals surface area contributed by atoms with Gasteiger partial charge >= 0.3 is 11.9 Å². The van der Waals surface area contributed by atoms with Crippen LogP contribution in [0.4, 0.5) is 9.80 Å². The van der Waals surface area contributed by atoms with Gasteiger partial charge in [0.1, 0.15) is 4.88 Å². The van der Waals surface area contributed by atoms with Gasteiger partial charge in [0.2, 0.25) is 0 Å². The van der Waals surface area contributed by atoms with E-state index in [-0.39, 0.29) is 18.3 Å². The van der Waals surface area contributed by atoms with Crippen molar-refractivity contribution >= 4 is 51.2 Å². The van der Waals surface area contributed by atoms with Crippen LogP contribution >= 0.6 is 23.1 Å². The van der Waals surface area contributed by atoms with Crippen molar-refractivity contribution in [2.75, 3.05) is 37.4 Å². The predicted octanol–water partition coefficient (Wildman–Crippen LogP) is 2.27. The molecule has 1 fully saturated rings. The molecule has 0 aromatic carbocycles. The van der Waals surface area contributed by atoms with Crippen LogP contribution in [0.15, 0.2) is 6.07 Å². The van der Waals surface area contributed by atoms with E-state index in [9.17, 15) is 19.2 Å². The molecule has 0 unspecified atom stereocenters. The lowest BCUT2D eigenvalue weighted by atomic mass is 10.3. The fourth-order valence-corrected chi connectivity index (χ4v) is 4.02. The van der Waals surface area contributed by atoms with Crippen molar-refractivity contribution in [3.05, 3.63) is 16.5 Å². The van der Waals surface area contributed by atoms with Crippen molar-refractivity contribution in [3.63, 3.8) is 0 Å². The summed E-state index contributed by atoms with van der Waals surface area (Å²) in [5, 5.41) is 3.02. The molecule has 1 aliphatic rings. The Bertz CT molecular complexity index is 703. The van der Waals surface area contributed by atoms with E-state index < -0.39 is 24.5 Å². The Labute approximate surface area is 159 Å². The Kier molecular flexibility index (Phi) is 7.46. The van der Waals surface area contributed by atoms with E-state index in [1.165, 1.54) is 11.8 Å². The lowest BCUT2D eigenvalue weighted by Crippen LogP contribution is -2.27. The highest BCUT2D eigenvalue weighted by molar-refractivity contribution is 8.13. The number of nitrogens with zero attached hydrogens (tertiary/aromatic N) is 1. The molecule has 26 heavy (non-hydrogen) atoms. The van der Waals surface area contributed by atoms with Gasteiger partial charge in [-0.15, -0.1) is 11.3 Å². The quantitative estimate of drug-likeness (QED) is 0.668. The Hall–Kier alpha value is -2.07. The highest BCUT2D eigenvalue weighted by Gasteiger charge is 2.22. The molecule has 0 bridgehead atoms. The molecular weight excluding hydrogens is 380 g/mol. The molecule has 1 aromatic rings. The molecule has 10 heteroatoms. The van der Waals surface area contributed by atoms with E-state index in [4.69, 9.17) is 9.47 Å². The first kappa shape index (κ1) is 20.2. The van der Waals surface area contributed by atoms with Crippen molar-refractivity contribution in [3.8, 4) is 0 Å². The van der Waals surface area contributed by atoms with E-state index in [0.717, 1.165) is 17.1 Å². The first-order valence-electron chi connectivity index (χ1n) is 8.05. The number of hydrogen-bond donors (Lipinski definition) is 1. The number of rotatable bonds is 8. The third-order valence-electron chi connectivity index (χ3n) is 3.44. The molecule has 0 saturated carbocycles. The van der Waals surface area contributed by atoms with Gasteiger partial charge in [-0.1, -0.05) is 11.8 Å². The molecule has 0 spiro atoms. The minimum absolute atomic E-state index is 0.0407. The minimum atomic E-state index is -0.542. The van der Waals surface area contributed by atoms with Gasteiger partial charge in [0, 0.05) is 18.8 Å². The summed E-state index contributed by atoms with van der Waals surface area (Å²) in [4.78, 5) is 48.7. The molecule has 0 atom stereocenters. The summed E-state index contributed by atoms with van der Waals surface area (Å²) in [6.45, 7) is 4.23. The summed E-state index contributed by atoms with van der Waals surface area (Å²) in [5.41, 5.74) is 0.703. The molecule has 8 nitrogen and oxygen atoms in total. The second kappa shape index (κ2) is 9.58. The van der Waals surface area contributed by atoms with Gasteiger partial charge in [-0.2, -0.15) is 0 Å². The zero-order chi connectivity index (χ0) is 19.1. The van der Waals surface area contributed by atoms with Gasteiger partial charge in [-0.05, 0) is 25.5 Å². The third kappa shape index (κ3) is 5.73. The van der Waals surface area contributed by atoms with Crippen LogP contribution in [0.5, 0.6) is 0 Å². The van der Waals surface area contributed by atoms with E-state index in [2.05, 4.69) is 5.32 Å². The second-order valence-corrected chi connectivity index (χ2v) is 7.50. The maximum absolute atomic E-state index is 11.9. The van der Waals surface area contributed by atoms with Crippen LogP contribution in [0, 0.1) is 6.92 Å². The molecule has 0 radical (unpaired) electrons. The minimum Gasteiger partial charge on any atom is -0.462 e. The molecular formula is C16H20N2O6S2. The van der Waals surface area contributed by atoms with Gasteiger partial charge in [0.25, 0.3) is 11.1 Å². The SMILES string of the molecule is CCOC(=O)c1sc(NC(=O)COC(=O)CCN2CCSC2=O)cc1C. The predicted molar refractivity (Wildman–Crippen MR) is 98.6 cm³/mol. The Morgan fingerprint density at radius 3 is 2.73 bits per heavy atom. The molecule has 1 saturated heterocycles. The second-order valence-electron chi connectivity index (χ2n) is 5.40. The number of esters is 2. The van der Waals surface area contributed by atoms with E-state index >= 15 is 0 Å². The van der Waals surface area contributed by atoms with Crippen LogP contribution in [0.25, 0.3) is 0 Å². The number of anilines is 1. The maximum atomic E-state index is 11.9. The Morgan fingerprint density at radius 2 is 2.08 bits per heavy atom. The van der Waals surface area contributed by atoms with Crippen LogP contribution in [0.1, 0.15) is 28.6 Å². The summed E-state index contributed by atoms with van der Waals surface area (Å²) < 4.78 is 9.85. The average molecular weight is 400 g/mol. The van der Waals surface area contributed by atoms with Crippen molar-refractivity contribution < 1.29 is 28.7 Å². The average Bonchev–Trinajstić information content (AvgIpc) is 3.16. The number of thioether (sulfide) groups is 1. The van der Waals surface area contributed by atoms with Crippen LogP contribution in [-0.4, -0.2) is 60.0 Å². The van der Waals surface area contributed by atoms with E-state index in [1.807, 2.05) is 0 Å². The molecule has 1 aromatic heterocycles. The lowest BCUT2D eigenvalue weighted by molar-refractivity contribution is -0.147. The standard InChI is InChI=1S/C16H20N2O6S2/c1-3-23-15(21)14-10(2)8-12(26-14)17-11(19)9-24-13(20)4-5-18-6-7-25-16(18)22/h8H,3-7,9H2,1-2H3,(H,17,19). The molecule has 2 heterocycles. The monoisotopic (exact) mass is 400 g/mol. The number of amides is 2. The molecule has 142 valence electrons. The first-order chi connectivity index (χ1) is 12.4. The molecule has 2 amide bonds. The van der Waals surface area contributed by atoms with Crippen molar-refractivity contribution in [1.29, 1.82) is 0 Å². The van der Waals surface area contributed by atoms with Crippen LogP contribution < -0.4 is 5.32 Å². The van der Waals surface area contributed by atoms with Crippen LogP contribution in [0.3, 0.4) is 0 Å². The summed E-state index contributed by atoms with van der Waals surface area (Å²) in [6.07, 6.45) is 0.0463. The number of carbonyl (C=O) groups is 4.